The average Bonchev–Trinajstić information content (AvgIpc) is 2.49. The van der Waals surface area contributed by atoms with Gasteiger partial charge in [0.05, 0.1) is 12.2 Å². The number of ether oxygens (including phenoxy) is 1. The SMILES string of the molecule is CC(=O)CCOc1cc(F)cc(Cc2ccc(I)cc2F)c1C#N. The monoisotopic (exact) mass is 441 g/mol. The Hall–Kier alpha value is -2.01. The van der Waals surface area contributed by atoms with E-state index in [0.29, 0.717) is 11.1 Å². The van der Waals surface area contributed by atoms with Crippen LogP contribution in [0, 0.1) is 26.5 Å². The zero-order chi connectivity index (χ0) is 17.7. The van der Waals surface area contributed by atoms with Crippen LogP contribution in [0.2, 0.25) is 0 Å². The summed E-state index contributed by atoms with van der Waals surface area (Å²) in [5, 5.41) is 9.38. The summed E-state index contributed by atoms with van der Waals surface area (Å²) in [5.74, 6) is -0.979. The summed E-state index contributed by atoms with van der Waals surface area (Å²) >= 11 is 2.00. The summed E-state index contributed by atoms with van der Waals surface area (Å²) in [6.45, 7) is 1.48. The number of hydrogen-bond donors (Lipinski definition) is 0. The molecule has 0 aliphatic heterocycles. The quantitative estimate of drug-likeness (QED) is 0.625. The van der Waals surface area contributed by atoms with Crippen LogP contribution >= 0.6 is 22.6 Å². The Balaban J connectivity index is 2.33. The molecule has 2 aromatic carbocycles. The lowest BCUT2D eigenvalue weighted by atomic mass is 9.99. The van der Waals surface area contributed by atoms with Crippen molar-refractivity contribution in [3.8, 4) is 11.8 Å². The van der Waals surface area contributed by atoms with Gasteiger partial charge in [-0.2, -0.15) is 5.26 Å². The van der Waals surface area contributed by atoms with E-state index in [4.69, 9.17) is 4.74 Å². The Morgan fingerprint density at radius 2 is 2.00 bits per heavy atom. The summed E-state index contributed by atoms with van der Waals surface area (Å²) in [5.41, 5.74) is 0.862. The Morgan fingerprint density at radius 3 is 2.62 bits per heavy atom. The molecule has 0 atom stereocenters. The molecule has 2 rings (SSSR count). The van der Waals surface area contributed by atoms with E-state index in [2.05, 4.69) is 0 Å². The van der Waals surface area contributed by atoms with Crippen molar-refractivity contribution in [3.63, 3.8) is 0 Å². The third kappa shape index (κ3) is 4.74. The first-order valence-corrected chi connectivity index (χ1v) is 8.27. The zero-order valence-corrected chi connectivity index (χ0v) is 15.1. The maximum Gasteiger partial charge on any atom is 0.140 e. The molecule has 0 N–H and O–H groups in total. The molecule has 0 aromatic heterocycles. The van der Waals surface area contributed by atoms with E-state index in [0.717, 1.165) is 9.64 Å². The fourth-order valence-corrected chi connectivity index (χ4v) is 2.64. The number of carbonyl (C=O) groups is 1. The van der Waals surface area contributed by atoms with Crippen LogP contribution in [-0.2, 0) is 11.2 Å². The lowest BCUT2D eigenvalue weighted by Gasteiger charge is -2.12. The van der Waals surface area contributed by atoms with Gasteiger partial charge in [0.2, 0.25) is 0 Å². The smallest absolute Gasteiger partial charge is 0.140 e. The number of nitrogens with zero attached hydrogens (tertiary/aromatic N) is 1. The maximum atomic E-state index is 14.0. The molecule has 0 saturated carbocycles. The van der Waals surface area contributed by atoms with Crippen molar-refractivity contribution in [2.24, 2.45) is 0 Å². The van der Waals surface area contributed by atoms with Gasteiger partial charge >= 0.3 is 0 Å². The molecule has 0 aliphatic rings. The second-order valence-electron chi connectivity index (χ2n) is 5.26. The van der Waals surface area contributed by atoms with E-state index >= 15 is 0 Å². The molecule has 0 aliphatic carbocycles. The number of halogens is 3. The molecule has 124 valence electrons. The van der Waals surface area contributed by atoms with Crippen LogP contribution in [0.1, 0.15) is 30.0 Å². The molecular weight excluding hydrogens is 427 g/mol. The van der Waals surface area contributed by atoms with Gasteiger partial charge < -0.3 is 4.74 Å². The standard InChI is InChI=1S/C18H14F2INO2/c1-11(23)4-5-24-18-8-14(19)7-13(16(18)10-22)6-12-2-3-15(21)9-17(12)20/h2-3,7-9H,4-6H2,1H3. The third-order valence-electron chi connectivity index (χ3n) is 3.37. The molecule has 0 fully saturated rings. The number of carbonyl (C=O) groups excluding carboxylic acids is 1. The molecule has 2 aromatic rings. The van der Waals surface area contributed by atoms with Gasteiger partial charge in [0.1, 0.15) is 29.2 Å². The second-order valence-corrected chi connectivity index (χ2v) is 6.51. The molecule has 24 heavy (non-hydrogen) atoms. The highest BCUT2D eigenvalue weighted by molar-refractivity contribution is 14.1. The van der Waals surface area contributed by atoms with Crippen LogP contribution in [0.4, 0.5) is 8.78 Å². The molecule has 0 saturated heterocycles. The molecule has 0 amide bonds. The van der Waals surface area contributed by atoms with Gasteiger partial charge in [0, 0.05) is 22.5 Å². The number of ketones is 1. The molecule has 0 radical (unpaired) electrons. The summed E-state index contributed by atoms with van der Waals surface area (Å²) in [6, 6.07) is 9.02. The van der Waals surface area contributed by atoms with Gasteiger partial charge in [-0.1, -0.05) is 6.07 Å². The van der Waals surface area contributed by atoms with Crippen LogP contribution in [0.15, 0.2) is 30.3 Å². The summed E-state index contributed by atoms with van der Waals surface area (Å²) in [7, 11) is 0. The van der Waals surface area contributed by atoms with Crippen LogP contribution in [0.25, 0.3) is 0 Å². The van der Waals surface area contributed by atoms with Gasteiger partial charge in [-0.05, 0) is 58.8 Å². The Labute approximate surface area is 152 Å². The number of Topliss-reactive ketones (excluding diaryl/α,β-unsaturated/α-hetero) is 1. The van der Waals surface area contributed by atoms with Gasteiger partial charge in [-0.15, -0.1) is 0 Å². The van der Waals surface area contributed by atoms with E-state index in [1.165, 1.54) is 19.1 Å². The first kappa shape index (κ1) is 18.3. The lowest BCUT2D eigenvalue weighted by Crippen LogP contribution is -2.06. The molecule has 0 heterocycles. The Bertz CT molecular complexity index is 815. The minimum Gasteiger partial charge on any atom is -0.492 e. The van der Waals surface area contributed by atoms with Crippen molar-refractivity contribution < 1.29 is 18.3 Å². The maximum absolute atomic E-state index is 14.0. The van der Waals surface area contributed by atoms with Gasteiger partial charge in [-0.25, -0.2) is 8.78 Å². The van der Waals surface area contributed by atoms with Crippen molar-refractivity contribution in [1.82, 2.24) is 0 Å². The van der Waals surface area contributed by atoms with Crippen LogP contribution < -0.4 is 4.74 Å². The first-order valence-electron chi connectivity index (χ1n) is 7.19. The predicted octanol–water partition coefficient (Wildman–Crippen LogP) is 4.39. The van der Waals surface area contributed by atoms with Crippen molar-refractivity contribution in [1.29, 1.82) is 5.26 Å². The van der Waals surface area contributed by atoms with E-state index in [9.17, 15) is 18.8 Å². The Kier molecular flexibility index (Phi) is 6.26. The number of hydrogen-bond acceptors (Lipinski definition) is 3. The largest absolute Gasteiger partial charge is 0.492 e. The van der Waals surface area contributed by atoms with Crippen molar-refractivity contribution >= 4 is 28.4 Å². The highest BCUT2D eigenvalue weighted by Gasteiger charge is 2.15. The van der Waals surface area contributed by atoms with Gasteiger partial charge in [-0.3, -0.25) is 4.79 Å². The number of rotatable bonds is 6. The lowest BCUT2D eigenvalue weighted by molar-refractivity contribution is -0.117. The zero-order valence-electron chi connectivity index (χ0n) is 12.9. The summed E-state index contributed by atoms with van der Waals surface area (Å²) in [4.78, 5) is 11.0. The Morgan fingerprint density at radius 1 is 1.25 bits per heavy atom. The fourth-order valence-electron chi connectivity index (χ4n) is 2.19. The topological polar surface area (TPSA) is 50.1 Å². The van der Waals surface area contributed by atoms with E-state index in [1.54, 1.807) is 12.1 Å². The molecular formula is C18H14F2INO2. The summed E-state index contributed by atoms with van der Waals surface area (Å²) in [6.07, 6.45) is 0.245. The highest BCUT2D eigenvalue weighted by Crippen LogP contribution is 2.27. The average molecular weight is 441 g/mol. The fraction of sp³-hybridized carbons (Fsp3) is 0.222. The molecule has 6 heteroatoms. The molecule has 0 bridgehead atoms. The summed E-state index contributed by atoms with van der Waals surface area (Å²) < 4.78 is 34.0. The van der Waals surface area contributed by atoms with E-state index < -0.39 is 11.6 Å². The van der Waals surface area contributed by atoms with Crippen molar-refractivity contribution in [3.05, 3.63) is 62.2 Å². The van der Waals surface area contributed by atoms with Crippen molar-refractivity contribution in [2.75, 3.05) is 6.61 Å². The van der Waals surface area contributed by atoms with Crippen LogP contribution in [0.3, 0.4) is 0 Å². The molecule has 0 spiro atoms. The third-order valence-corrected chi connectivity index (χ3v) is 4.04. The highest BCUT2D eigenvalue weighted by atomic mass is 127. The van der Waals surface area contributed by atoms with Gasteiger partial charge in [0.25, 0.3) is 0 Å². The van der Waals surface area contributed by atoms with Gasteiger partial charge in [0.15, 0.2) is 0 Å². The van der Waals surface area contributed by atoms with Crippen molar-refractivity contribution in [2.45, 2.75) is 19.8 Å². The number of nitriles is 1. The first-order chi connectivity index (χ1) is 11.4. The molecule has 3 nitrogen and oxygen atoms in total. The number of benzene rings is 2. The van der Waals surface area contributed by atoms with Crippen LogP contribution in [0.5, 0.6) is 5.75 Å². The minimum absolute atomic E-state index is 0.0603. The van der Waals surface area contributed by atoms with Crippen LogP contribution in [-0.4, -0.2) is 12.4 Å². The second kappa shape index (κ2) is 8.20. The normalized spacial score (nSPS) is 10.3. The van der Waals surface area contributed by atoms with E-state index in [1.807, 2.05) is 28.7 Å². The predicted molar refractivity (Wildman–Crippen MR) is 93.8 cm³/mol. The van der Waals surface area contributed by atoms with E-state index in [-0.39, 0.29) is 36.5 Å². The molecule has 0 unspecified atom stereocenters. The minimum atomic E-state index is -0.576.